The number of halogens is 1. The van der Waals surface area contributed by atoms with Gasteiger partial charge in [-0.3, -0.25) is 4.79 Å². The Morgan fingerprint density at radius 2 is 1.62 bits per heavy atom. The fourth-order valence-corrected chi connectivity index (χ4v) is 6.24. The molecule has 0 unspecified atom stereocenters. The van der Waals surface area contributed by atoms with Gasteiger partial charge in [0.15, 0.2) is 0 Å². The number of nitrogen functional groups attached to an aromatic ring is 1. The van der Waals surface area contributed by atoms with Crippen LogP contribution in [-0.4, -0.2) is 49.1 Å². The molecule has 0 radical (unpaired) electrons. The molecule has 0 spiro atoms. The highest BCUT2D eigenvalue weighted by molar-refractivity contribution is 7.21. The van der Waals surface area contributed by atoms with Crippen LogP contribution in [0.15, 0.2) is 78.9 Å². The van der Waals surface area contributed by atoms with Gasteiger partial charge in [0, 0.05) is 37.1 Å². The minimum Gasteiger partial charge on any atom is -0.497 e. The van der Waals surface area contributed by atoms with Crippen LogP contribution < -0.4 is 15.4 Å². The molecular weight excluding hydrogens is 523 g/mol. The van der Waals surface area contributed by atoms with Gasteiger partial charge in [-0.2, -0.15) is 0 Å². The molecule has 1 aliphatic rings. The second-order valence-corrected chi connectivity index (χ2v) is 10.9. The molecule has 2 aromatic heterocycles. The Morgan fingerprint density at radius 1 is 0.950 bits per heavy atom. The molecule has 40 heavy (non-hydrogen) atoms. The predicted molar refractivity (Wildman–Crippen MR) is 161 cm³/mol. The van der Waals surface area contributed by atoms with E-state index in [2.05, 4.69) is 31.2 Å². The summed E-state index contributed by atoms with van der Waals surface area (Å²) >= 11 is 1.33. The number of nitrogens with zero attached hydrogens (tertiary/aromatic N) is 3. The van der Waals surface area contributed by atoms with Gasteiger partial charge in [-0.25, -0.2) is 9.37 Å². The highest BCUT2D eigenvalue weighted by Crippen LogP contribution is 2.42. The summed E-state index contributed by atoms with van der Waals surface area (Å²) in [4.78, 5) is 23.7. The van der Waals surface area contributed by atoms with Crippen molar-refractivity contribution < 1.29 is 13.9 Å². The van der Waals surface area contributed by atoms with Gasteiger partial charge in [0.05, 0.1) is 24.2 Å². The number of amides is 1. The Labute approximate surface area is 236 Å². The second-order valence-electron chi connectivity index (χ2n) is 9.91. The van der Waals surface area contributed by atoms with E-state index < -0.39 is 0 Å². The number of nitrogens with two attached hydrogens (primary N) is 1. The normalized spacial score (nSPS) is 13.6. The van der Waals surface area contributed by atoms with E-state index in [4.69, 9.17) is 15.5 Å². The number of aromatic nitrogens is 1. The van der Waals surface area contributed by atoms with Crippen molar-refractivity contribution in [3.63, 3.8) is 0 Å². The highest BCUT2D eigenvalue weighted by Gasteiger charge is 2.28. The first-order valence-corrected chi connectivity index (χ1v) is 14.0. The van der Waals surface area contributed by atoms with Crippen LogP contribution in [0.1, 0.15) is 15.2 Å². The number of carbonyl (C=O) groups is 1. The number of aryl methyl sites for hydroxylation is 1. The summed E-state index contributed by atoms with van der Waals surface area (Å²) in [5, 5.41) is 0.791. The van der Waals surface area contributed by atoms with Crippen molar-refractivity contribution in [1.82, 2.24) is 9.88 Å². The second kappa shape index (κ2) is 10.6. The molecule has 8 heteroatoms. The summed E-state index contributed by atoms with van der Waals surface area (Å²) in [6.07, 6.45) is 0. The molecule has 0 aliphatic carbocycles. The Bertz CT molecular complexity index is 1690. The monoisotopic (exact) mass is 552 g/mol. The number of methoxy groups -OCH3 is 1. The number of pyridine rings is 1. The summed E-state index contributed by atoms with van der Waals surface area (Å²) in [7, 11) is 1.64. The number of fused-ring (bicyclic) bond motifs is 1. The molecule has 0 bridgehead atoms. The minimum absolute atomic E-state index is 0.116. The zero-order valence-electron chi connectivity index (χ0n) is 22.4. The average molecular weight is 553 g/mol. The Kier molecular flexibility index (Phi) is 6.86. The quantitative estimate of drug-likeness (QED) is 0.265. The van der Waals surface area contributed by atoms with Gasteiger partial charge in [0.1, 0.15) is 21.3 Å². The van der Waals surface area contributed by atoms with Crippen LogP contribution >= 0.6 is 11.3 Å². The third kappa shape index (κ3) is 4.75. The number of hydrogen-bond acceptors (Lipinski definition) is 6. The van der Waals surface area contributed by atoms with Gasteiger partial charge in [-0.05, 0) is 60.5 Å². The van der Waals surface area contributed by atoms with Crippen molar-refractivity contribution >= 4 is 38.8 Å². The lowest BCUT2D eigenvalue weighted by molar-refractivity contribution is 0.0752. The minimum atomic E-state index is -0.251. The van der Waals surface area contributed by atoms with Gasteiger partial charge in [-0.1, -0.05) is 42.0 Å². The first-order chi connectivity index (χ1) is 19.4. The number of para-hydroxylation sites is 1. The third-order valence-corrected chi connectivity index (χ3v) is 8.49. The number of anilines is 2. The van der Waals surface area contributed by atoms with Crippen LogP contribution in [0.2, 0.25) is 0 Å². The zero-order chi connectivity index (χ0) is 27.8. The molecule has 3 heterocycles. The molecule has 1 aliphatic heterocycles. The molecule has 6 nitrogen and oxygen atoms in total. The van der Waals surface area contributed by atoms with Gasteiger partial charge < -0.3 is 20.3 Å². The van der Waals surface area contributed by atoms with Crippen LogP contribution in [0, 0.1) is 12.7 Å². The van der Waals surface area contributed by atoms with E-state index in [1.165, 1.54) is 17.4 Å². The maximum atomic E-state index is 14.3. The Morgan fingerprint density at radius 3 is 2.30 bits per heavy atom. The first kappa shape index (κ1) is 25.8. The summed E-state index contributed by atoms with van der Waals surface area (Å²) in [5.74, 6) is 0.403. The number of ether oxygens (including phenoxy) is 1. The highest BCUT2D eigenvalue weighted by atomic mass is 32.1. The smallest absolute Gasteiger partial charge is 0.266 e. The van der Waals surface area contributed by atoms with Crippen LogP contribution in [0.3, 0.4) is 0 Å². The number of carbonyl (C=O) groups excluding carboxylic acids is 1. The van der Waals surface area contributed by atoms with E-state index in [1.54, 1.807) is 24.1 Å². The standard InChI is InChI=1S/C32H29FN4O2S/c1-20-7-9-21(10-8-20)24-19-26(22-11-13-23(39-2)14-12-22)35-31-28(24)29(34)30(40-31)32(38)37-17-15-36(16-18-37)27-6-4-3-5-25(27)33/h3-14,19H,15-18,34H2,1-2H3. The number of thiophene rings is 1. The van der Waals surface area contributed by atoms with Gasteiger partial charge >= 0.3 is 0 Å². The van der Waals surface area contributed by atoms with Gasteiger partial charge in [0.25, 0.3) is 5.91 Å². The number of hydrogen-bond donors (Lipinski definition) is 1. The van der Waals surface area contributed by atoms with Gasteiger partial charge in [0.2, 0.25) is 0 Å². The molecule has 0 atom stereocenters. The van der Waals surface area contributed by atoms with Crippen LogP contribution in [0.4, 0.5) is 15.8 Å². The zero-order valence-corrected chi connectivity index (χ0v) is 23.2. The summed E-state index contributed by atoms with van der Waals surface area (Å²) in [5.41, 5.74) is 12.6. The van der Waals surface area contributed by atoms with Crippen LogP contribution in [0.25, 0.3) is 32.6 Å². The lowest BCUT2D eigenvalue weighted by Crippen LogP contribution is -2.49. The average Bonchev–Trinajstić information content (AvgIpc) is 3.33. The molecule has 0 saturated carbocycles. The number of rotatable bonds is 5. The maximum absolute atomic E-state index is 14.3. The van der Waals surface area contributed by atoms with E-state index in [-0.39, 0.29) is 11.7 Å². The Hall–Kier alpha value is -4.43. The fourth-order valence-electron chi connectivity index (χ4n) is 5.15. The number of piperazine rings is 1. The van der Waals surface area contributed by atoms with Crippen molar-refractivity contribution in [2.45, 2.75) is 6.92 Å². The van der Waals surface area contributed by atoms with Crippen molar-refractivity contribution in [2.75, 3.05) is 43.9 Å². The largest absolute Gasteiger partial charge is 0.497 e. The van der Waals surface area contributed by atoms with E-state index >= 15 is 0 Å². The molecule has 3 aromatic carbocycles. The van der Waals surface area contributed by atoms with Crippen molar-refractivity contribution in [3.05, 3.63) is 95.1 Å². The topological polar surface area (TPSA) is 71.7 Å². The van der Waals surface area contributed by atoms with E-state index in [0.29, 0.717) is 42.4 Å². The molecule has 1 fully saturated rings. The first-order valence-electron chi connectivity index (χ1n) is 13.2. The molecule has 6 rings (SSSR count). The fraction of sp³-hybridized carbons (Fsp3) is 0.188. The summed E-state index contributed by atoms with van der Waals surface area (Å²) < 4.78 is 19.6. The number of benzene rings is 3. The Balaban J connectivity index is 1.37. The maximum Gasteiger partial charge on any atom is 0.266 e. The molecule has 1 saturated heterocycles. The lowest BCUT2D eigenvalue weighted by Gasteiger charge is -2.36. The summed E-state index contributed by atoms with van der Waals surface area (Å²) in [6.45, 7) is 4.11. The molecule has 1 amide bonds. The van der Waals surface area contributed by atoms with Gasteiger partial charge in [-0.15, -0.1) is 11.3 Å². The van der Waals surface area contributed by atoms with Crippen molar-refractivity contribution in [1.29, 1.82) is 0 Å². The SMILES string of the molecule is COc1ccc(-c2cc(-c3ccc(C)cc3)c3c(N)c(C(=O)N4CCN(c5ccccc5F)CC4)sc3n2)cc1. The van der Waals surface area contributed by atoms with Crippen molar-refractivity contribution in [2.24, 2.45) is 0 Å². The van der Waals surface area contributed by atoms with E-state index in [1.807, 2.05) is 41.3 Å². The molecule has 5 aromatic rings. The molecule has 2 N–H and O–H groups in total. The predicted octanol–water partition coefficient (Wildman–Crippen LogP) is 6.63. The lowest BCUT2D eigenvalue weighted by atomic mass is 9.98. The molecule has 202 valence electrons. The van der Waals surface area contributed by atoms with Crippen molar-refractivity contribution in [3.8, 4) is 28.1 Å². The van der Waals surface area contributed by atoms with E-state index in [9.17, 15) is 9.18 Å². The van der Waals surface area contributed by atoms with Crippen LogP contribution in [0.5, 0.6) is 5.75 Å². The summed E-state index contributed by atoms with van der Waals surface area (Å²) in [6, 6.07) is 24.8. The third-order valence-electron chi connectivity index (χ3n) is 7.40. The van der Waals surface area contributed by atoms with E-state index in [0.717, 1.165) is 43.9 Å². The molecular formula is C32H29FN4O2S. The van der Waals surface area contributed by atoms with Crippen LogP contribution in [-0.2, 0) is 0 Å².